The molecular formula is C21H21ClN2O4. The van der Waals surface area contributed by atoms with Gasteiger partial charge in [-0.2, -0.15) is 5.26 Å². The van der Waals surface area contributed by atoms with Gasteiger partial charge >= 0.3 is 5.97 Å². The van der Waals surface area contributed by atoms with Crippen LogP contribution in [-0.4, -0.2) is 24.1 Å². The number of hydrogen-bond donors (Lipinski definition) is 1. The van der Waals surface area contributed by atoms with Gasteiger partial charge in [0.25, 0.3) is 5.91 Å². The number of esters is 1. The smallest absolute Gasteiger partial charge is 0.338 e. The van der Waals surface area contributed by atoms with E-state index in [4.69, 9.17) is 26.3 Å². The van der Waals surface area contributed by atoms with E-state index in [1.165, 1.54) is 19.1 Å². The molecule has 146 valence electrons. The number of nitrogens with zero attached hydrogens (tertiary/aromatic N) is 1. The van der Waals surface area contributed by atoms with Gasteiger partial charge < -0.3 is 14.8 Å². The lowest BCUT2D eigenvalue weighted by Crippen LogP contribution is -2.30. The van der Waals surface area contributed by atoms with Gasteiger partial charge in [0.1, 0.15) is 6.07 Å². The fraction of sp³-hybridized carbons (Fsp3) is 0.286. The lowest BCUT2D eigenvalue weighted by Gasteiger charge is -2.14. The van der Waals surface area contributed by atoms with E-state index in [-0.39, 0.29) is 11.1 Å². The Kier molecular flexibility index (Phi) is 7.56. The summed E-state index contributed by atoms with van der Waals surface area (Å²) in [5.41, 5.74) is 2.00. The molecule has 0 aliphatic rings. The minimum absolute atomic E-state index is 0.120. The van der Waals surface area contributed by atoms with Crippen LogP contribution in [0.4, 0.5) is 5.69 Å². The number of benzene rings is 2. The van der Waals surface area contributed by atoms with Crippen LogP contribution in [0.25, 0.3) is 0 Å². The Hall–Kier alpha value is -2.88. The summed E-state index contributed by atoms with van der Waals surface area (Å²) in [6.45, 7) is 5.83. The second kappa shape index (κ2) is 9.88. The number of hydrogen-bond acceptors (Lipinski definition) is 5. The number of nitrogens with one attached hydrogen (secondary N) is 1. The first-order chi connectivity index (χ1) is 13.3. The Bertz CT molecular complexity index is 888. The molecule has 0 saturated heterocycles. The van der Waals surface area contributed by atoms with Crippen molar-refractivity contribution in [2.24, 2.45) is 0 Å². The summed E-state index contributed by atoms with van der Waals surface area (Å²) in [4.78, 5) is 24.5. The highest BCUT2D eigenvalue weighted by Crippen LogP contribution is 2.20. The molecule has 1 atom stereocenters. The highest BCUT2D eigenvalue weighted by atomic mass is 35.5. The molecule has 0 aromatic heterocycles. The molecule has 0 saturated carbocycles. The Morgan fingerprint density at radius 2 is 1.82 bits per heavy atom. The van der Waals surface area contributed by atoms with Crippen LogP contribution in [0.3, 0.4) is 0 Å². The van der Waals surface area contributed by atoms with Crippen LogP contribution in [-0.2, 0) is 20.9 Å². The van der Waals surface area contributed by atoms with Gasteiger partial charge in [-0.05, 0) is 56.7 Å². The zero-order chi connectivity index (χ0) is 20.7. The standard InChI is InChI=1S/C21H21ClN2O4/c1-13(2)27-12-15-4-6-16(7-5-15)21(26)28-14(3)20(25)24-18-9-8-17(11-23)19(22)10-18/h4-10,13-14H,12H2,1-3H3,(H,24,25)/t14-/m1/s1. The van der Waals surface area contributed by atoms with Gasteiger partial charge in [0.2, 0.25) is 0 Å². The molecular weight excluding hydrogens is 380 g/mol. The molecule has 0 radical (unpaired) electrons. The predicted molar refractivity (Wildman–Crippen MR) is 106 cm³/mol. The SMILES string of the molecule is CC(C)OCc1ccc(C(=O)O[C@H](C)C(=O)Nc2ccc(C#N)c(Cl)c2)cc1. The fourth-order valence-electron chi connectivity index (χ4n) is 2.21. The Labute approximate surface area is 169 Å². The average molecular weight is 401 g/mol. The van der Waals surface area contributed by atoms with E-state index in [1.807, 2.05) is 19.9 Å². The number of carbonyl (C=O) groups is 2. The lowest BCUT2D eigenvalue weighted by molar-refractivity contribution is -0.123. The Balaban J connectivity index is 1.93. The largest absolute Gasteiger partial charge is 0.449 e. The van der Waals surface area contributed by atoms with Crippen LogP contribution in [0.1, 0.15) is 42.3 Å². The van der Waals surface area contributed by atoms with Gasteiger partial charge in [-0.1, -0.05) is 23.7 Å². The minimum atomic E-state index is -1.01. The number of ether oxygens (including phenoxy) is 2. The summed E-state index contributed by atoms with van der Waals surface area (Å²) in [5.74, 6) is -1.10. The van der Waals surface area contributed by atoms with E-state index in [0.29, 0.717) is 23.4 Å². The zero-order valence-electron chi connectivity index (χ0n) is 15.9. The molecule has 0 fully saturated rings. The zero-order valence-corrected chi connectivity index (χ0v) is 16.6. The summed E-state index contributed by atoms with van der Waals surface area (Å²) < 4.78 is 10.7. The number of amides is 1. The summed E-state index contributed by atoms with van der Waals surface area (Å²) in [5, 5.41) is 11.7. The van der Waals surface area contributed by atoms with Crippen molar-refractivity contribution in [2.75, 3.05) is 5.32 Å². The van der Waals surface area contributed by atoms with Crippen molar-refractivity contribution in [1.82, 2.24) is 0 Å². The van der Waals surface area contributed by atoms with Crippen LogP contribution in [0.15, 0.2) is 42.5 Å². The van der Waals surface area contributed by atoms with E-state index in [1.54, 1.807) is 30.3 Å². The molecule has 0 aliphatic carbocycles. The van der Waals surface area contributed by atoms with Crippen molar-refractivity contribution in [3.05, 3.63) is 64.2 Å². The highest BCUT2D eigenvalue weighted by molar-refractivity contribution is 6.32. The number of rotatable bonds is 7. The maximum absolute atomic E-state index is 12.2. The predicted octanol–water partition coefficient (Wildman–Crippen LogP) is 4.32. The maximum Gasteiger partial charge on any atom is 0.338 e. The number of anilines is 1. The summed E-state index contributed by atoms with van der Waals surface area (Å²) in [7, 11) is 0. The van der Waals surface area contributed by atoms with E-state index in [2.05, 4.69) is 5.32 Å². The van der Waals surface area contributed by atoms with E-state index in [9.17, 15) is 9.59 Å². The summed E-state index contributed by atoms with van der Waals surface area (Å²) in [6, 6.07) is 13.3. The van der Waals surface area contributed by atoms with Crippen LogP contribution >= 0.6 is 11.6 Å². The maximum atomic E-state index is 12.2. The minimum Gasteiger partial charge on any atom is -0.449 e. The van der Waals surface area contributed by atoms with E-state index in [0.717, 1.165) is 5.56 Å². The quantitative estimate of drug-likeness (QED) is 0.699. The molecule has 0 unspecified atom stereocenters. The van der Waals surface area contributed by atoms with Crippen LogP contribution in [0.2, 0.25) is 5.02 Å². The van der Waals surface area contributed by atoms with Crippen LogP contribution in [0.5, 0.6) is 0 Å². The van der Waals surface area contributed by atoms with Gasteiger partial charge in [0.05, 0.1) is 28.9 Å². The molecule has 7 heteroatoms. The van der Waals surface area contributed by atoms with E-state index >= 15 is 0 Å². The molecule has 0 spiro atoms. The number of carbonyl (C=O) groups excluding carboxylic acids is 2. The highest BCUT2D eigenvalue weighted by Gasteiger charge is 2.19. The topological polar surface area (TPSA) is 88.4 Å². The average Bonchev–Trinajstić information content (AvgIpc) is 2.66. The van der Waals surface area contributed by atoms with Crippen molar-refractivity contribution >= 4 is 29.2 Å². The van der Waals surface area contributed by atoms with Crippen molar-refractivity contribution in [3.63, 3.8) is 0 Å². The third-order valence-corrected chi connectivity index (χ3v) is 4.10. The van der Waals surface area contributed by atoms with Crippen LogP contribution in [0, 0.1) is 11.3 Å². The Morgan fingerprint density at radius 3 is 2.39 bits per heavy atom. The number of nitriles is 1. The molecule has 1 amide bonds. The third kappa shape index (κ3) is 6.08. The first-order valence-corrected chi connectivity index (χ1v) is 9.10. The monoisotopic (exact) mass is 400 g/mol. The van der Waals surface area contributed by atoms with Gasteiger partial charge in [0, 0.05) is 5.69 Å². The second-order valence-electron chi connectivity index (χ2n) is 6.40. The molecule has 0 bridgehead atoms. The molecule has 2 aromatic carbocycles. The van der Waals surface area contributed by atoms with Gasteiger partial charge in [-0.15, -0.1) is 0 Å². The number of halogens is 1. The molecule has 0 heterocycles. The van der Waals surface area contributed by atoms with Gasteiger partial charge in [0.15, 0.2) is 6.10 Å². The first-order valence-electron chi connectivity index (χ1n) is 8.72. The van der Waals surface area contributed by atoms with Crippen LogP contribution < -0.4 is 5.32 Å². The second-order valence-corrected chi connectivity index (χ2v) is 6.81. The van der Waals surface area contributed by atoms with Crippen molar-refractivity contribution < 1.29 is 19.1 Å². The van der Waals surface area contributed by atoms with Gasteiger partial charge in [-0.25, -0.2) is 4.79 Å². The lowest BCUT2D eigenvalue weighted by atomic mass is 10.1. The first kappa shape index (κ1) is 21.4. The normalized spacial score (nSPS) is 11.6. The fourth-order valence-corrected chi connectivity index (χ4v) is 2.43. The third-order valence-electron chi connectivity index (χ3n) is 3.78. The van der Waals surface area contributed by atoms with E-state index < -0.39 is 18.0 Å². The summed E-state index contributed by atoms with van der Waals surface area (Å²) in [6.07, 6.45) is -0.888. The molecule has 1 N–H and O–H groups in total. The molecule has 0 aliphatic heterocycles. The molecule has 28 heavy (non-hydrogen) atoms. The molecule has 2 aromatic rings. The van der Waals surface area contributed by atoms with Crippen molar-refractivity contribution in [2.45, 2.75) is 39.6 Å². The molecule has 2 rings (SSSR count). The van der Waals surface area contributed by atoms with Crippen molar-refractivity contribution in [1.29, 1.82) is 5.26 Å². The summed E-state index contributed by atoms with van der Waals surface area (Å²) >= 11 is 5.94. The molecule has 6 nitrogen and oxygen atoms in total. The van der Waals surface area contributed by atoms with Crippen molar-refractivity contribution in [3.8, 4) is 6.07 Å². The van der Waals surface area contributed by atoms with Gasteiger partial charge in [-0.3, -0.25) is 4.79 Å². The Morgan fingerprint density at radius 1 is 1.14 bits per heavy atom.